The van der Waals surface area contributed by atoms with Gasteiger partial charge < -0.3 is 10.2 Å². The molecule has 1 aromatic heterocycles. The van der Waals surface area contributed by atoms with Gasteiger partial charge in [0.05, 0.1) is 6.20 Å². The number of rotatable bonds is 6. The third kappa shape index (κ3) is 3.36. The molecule has 2 fully saturated rings. The van der Waals surface area contributed by atoms with Crippen molar-refractivity contribution < 1.29 is 4.79 Å². The summed E-state index contributed by atoms with van der Waals surface area (Å²) in [5.74, 6) is 0.617. The number of hydrogen-bond donors (Lipinski definition) is 1. The van der Waals surface area contributed by atoms with Crippen LogP contribution in [0.3, 0.4) is 0 Å². The molecule has 1 aliphatic heterocycles. The summed E-state index contributed by atoms with van der Waals surface area (Å²) in [6.07, 6.45) is 8.20. The lowest BCUT2D eigenvalue weighted by Crippen LogP contribution is -2.33. The van der Waals surface area contributed by atoms with Gasteiger partial charge in [-0.05, 0) is 44.7 Å². The first-order valence-corrected chi connectivity index (χ1v) is 7.72. The Kier molecular flexibility index (Phi) is 4.30. The molecule has 6 heteroatoms. The zero-order chi connectivity index (χ0) is 13.8. The molecule has 6 nitrogen and oxygen atoms in total. The third-order valence-corrected chi connectivity index (χ3v) is 4.35. The molecule has 0 atom stereocenters. The van der Waals surface area contributed by atoms with E-state index in [9.17, 15) is 4.79 Å². The van der Waals surface area contributed by atoms with E-state index in [2.05, 4.69) is 20.5 Å². The van der Waals surface area contributed by atoms with Gasteiger partial charge in [-0.25, -0.2) is 0 Å². The van der Waals surface area contributed by atoms with Crippen molar-refractivity contribution in [2.75, 3.05) is 26.2 Å². The van der Waals surface area contributed by atoms with E-state index in [1.165, 1.54) is 32.1 Å². The van der Waals surface area contributed by atoms with Crippen LogP contribution in [0.4, 0.5) is 0 Å². The lowest BCUT2D eigenvalue weighted by Gasteiger charge is -2.24. The topological polar surface area (TPSA) is 63.1 Å². The van der Waals surface area contributed by atoms with Gasteiger partial charge >= 0.3 is 0 Å². The standard InChI is InChI=1S/C14H23N5O/c20-14(15-6-9-18-7-1-2-8-18)13-11-19(17-16-13)10-12-4-3-5-12/h11-12H,1-10H2,(H,15,20). The maximum Gasteiger partial charge on any atom is 0.273 e. The molecule has 0 aromatic carbocycles. The zero-order valence-electron chi connectivity index (χ0n) is 11.9. The average molecular weight is 277 g/mol. The Morgan fingerprint density at radius 3 is 2.80 bits per heavy atom. The van der Waals surface area contributed by atoms with Gasteiger partial charge in [0.2, 0.25) is 0 Å². The highest BCUT2D eigenvalue weighted by molar-refractivity contribution is 5.91. The lowest BCUT2D eigenvalue weighted by atomic mass is 9.85. The van der Waals surface area contributed by atoms with E-state index in [0.29, 0.717) is 12.2 Å². The molecule has 1 aliphatic carbocycles. The highest BCUT2D eigenvalue weighted by Gasteiger charge is 2.19. The van der Waals surface area contributed by atoms with Crippen LogP contribution in [0.25, 0.3) is 0 Å². The molecule has 1 aromatic rings. The summed E-state index contributed by atoms with van der Waals surface area (Å²) in [4.78, 5) is 14.3. The fraction of sp³-hybridized carbons (Fsp3) is 0.786. The van der Waals surface area contributed by atoms with E-state index in [1.807, 2.05) is 0 Å². The Balaban J connectivity index is 1.41. The molecule has 1 saturated heterocycles. The molecule has 1 saturated carbocycles. The van der Waals surface area contributed by atoms with Crippen LogP contribution < -0.4 is 5.32 Å². The second-order valence-corrected chi connectivity index (χ2v) is 5.93. The summed E-state index contributed by atoms with van der Waals surface area (Å²) in [6.45, 7) is 4.84. The van der Waals surface area contributed by atoms with Crippen molar-refractivity contribution in [1.82, 2.24) is 25.2 Å². The van der Waals surface area contributed by atoms with Crippen molar-refractivity contribution in [2.24, 2.45) is 5.92 Å². The Morgan fingerprint density at radius 2 is 2.10 bits per heavy atom. The second kappa shape index (κ2) is 6.35. The summed E-state index contributed by atoms with van der Waals surface area (Å²) in [7, 11) is 0. The fourth-order valence-corrected chi connectivity index (χ4v) is 2.86. The van der Waals surface area contributed by atoms with Gasteiger partial charge in [-0.1, -0.05) is 11.6 Å². The van der Waals surface area contributed by atoms with Gasteiger partial charge in [0.25, 0.3) is 5.91 Å². The van der Waals surface area contributed by atoms with Crippen molar-refractivity contribution in [3.8, 4) is 0 Å². The number of likely N-dealkylation sites (tertiary alicyclic amines) is 1. The molecule has 0 bridgehead atoms. The zero-order valence-corrected chi connectivity index (χ0v) is 11.9. The van der Waals surface area contributed by atoms with Crippen LogP contribution in [-0.2, 0) is 6.54 Å². The summed E-state index contributed by atoms with van der Waals surface area (Å²) >= 11 is 0. The van der Waals surface area contributed by atoms with Gasteiger partial charge in [-0.3, -0.25) is 9.48 Å². The number of nitrogens with one attached hydrogen (secondary N) is 1. The number of carbonyl (C=O) groups excluding carboxylic acids is 1. The van der Waals surface area contributed by atoms with Crippen LogP contribution in [0.5, 0.6) is 0 Å². The summed E-state index contributed by atoms with van der Waals surface area (Å²) in [5.41, 5.74) is 0.436. The highest BCUT2D eigenvalue weighted by atomic mass is 16.2. The number of amides is 1. The second-order valence-electron chi connectivity index (χ2n) is 5.93. The minimum atomic E-state index is -0.107. The number of nitrogens with zero attached hydrogens (tertiary/aromatic N) is 4. The Morgan fingerprint density at radius 1 is 1.30 bits per heavy atom. The van der Waals surface area contributed by atoms with Crippen molar-refractivity contribution in [3.63, 3.8) is 0 Å². The number of hydrogen-bond acceptors (Lipinski definition) is 4. The Hall–Kier alpha value is -1.43. The fourth-order valence-electron chi connectivity index (χ4n) is 2.86. The molecule has 0 spiro atoms. The van der Waals surface area contributed by atoms with E-state index in [4.69, 9.17) is 0 Å². The average Bonchev–Trinajstić information content (AvgIpc) is 3.05. The predicted octanol–water partition coefficient (Wildman–Crippen LogP) is 0.904. The molecule has 20 heavy (non-hydrogen) atoms. The van der Waals surface area contributed by atoms with Gasteiger partial charge in [0.1, 0.15) is 0 Å². The van der Waals surface area contributed by atoms with Crippen molar-refractivity contribution >= 4 is 5.91 Å². The SMILES string of the molecule is O=C(NCCN1CCCC1)c1cn(CC2CCC2)nn1. The molecule has 1 amide bonds. The monoisotopic (exact) mass is 277 g/mol. The van der Waals surface area contributed by atoms with Gasteiger partial charge in [0.15, 0.2) is 5.69 Å². The Labute approximate surface area is 119 Å². The summed E-state index contributed by atoms with van der Waals surface area (Å²) in [6, 6.07) is 0. The number of carbonyl (C=O) groups is 1. The molecule has 1 N–H and O–H groups in total. The lowest BCUT2D eigenvalue weighted by molar-refractivity contribution is 0.0944. The minimum Gasteiger partial charge on any atom is -0.349 e. The van der Waals surface area contributed by atoms with Crippen LogP contribution in [-0.4, -0.2) is 52.0 Å². The van der Waals surface area contributed by atoms with Crippen LogP contribution in [0.15, 0.2) is 6.20 Å². The van der Waals surface area contributed by atoms with Gasteiger partial charge in [-0.2, -0.15) is 0 Å². The van der Waals surface area contributed by atoms with E-state index >= 15 is 0 Å². The molecule has 2 aliphatic rings. The molecular weight excluding hydrogens is 254 g/mol. The Bertz CT molecular complexity index is 448. The van der Waals surface area contributed by atoms with Crippen LogP contribution in [0, 0.1) is 5.92 Å². The molecule has 110 valence electrons. The molecule has 0 unspecified atom stereocenters. The van der Waals surface area contributed by atoms with Crippen LogP contribution in [0.2, 0.25) is 0 Å². The first kappa shape index (κ1) is 13.5. The first-order chi connectivity index (χ1) is 9.81. The smallest absolute Gasteiger partial charge is 0.273 e. The largest absolute Gasteiger partial charge is 0.349 e. The quantitative estimate of drug-likeness (QED) is 0.839. The van der Waals surface area contributed by atoms with Gasteiger partial charge in [-0.15, -0.1) is 5.10 Å². The maximum absolute atomic E-state index is 12.0. The van der Waals surface area contributed by atoms with Crippen LogP contribution >= 0.6 is 0 Å². The number of aromatic nitrogens is 3. The van der Waals surface area contributed by atoms with Crippen molar-refractivity contribution in [3.05, 3.63) is 11.9 Å². The summed E-state index contributed by atoms with van der Waals surface area (Å²) in [5, 5.41) is 10.9. The van der Waals surface area contributed by atoms with Crippen molar-refractivity contribution in [1.29, 1.82) is 0 Å². The molecular formula is C14H23N5O. The predicted molar refractivity (Wildman–Crippen MR) is 75.4 cm³/mol. The van der Waals surface area contributed by atoms with Crippen molar-refractivity contribution in [2.45, 2.75) is 38.6 Å². The van der Waals surface area contributed by atoms with E-state index in [-0.39, 0.29) is 5.91 Å². The highest BCUT2D eigenvalue weighted by Crippen LogP contribution is 2.27. The normalized spacial score (nSPS) is 20.0. The molecule has 2 heterocycles. The van der Waals surface area contributed by atoms with Crippen LogP contribution in [0.1, 0.15) is 42.6 Å². The molecule has 0 radical (unpaired) electrons. The summed E-state index contributed by atoms with van der Waals surface area (Å²) < 4.78 is 1.80. The van der Waals surface area contributed by atoms with E-state index in [1.54, 1.807) is 10.9 Å². The van der Waals surface area contributed by atoms with Gasteiger partial charge in [0, 0.05) is 19.6 Å². The third-order valence-electron chi connectivity index (χ3n) is 4.35. The molecule has 3 rings (SSSR count). The minimum absolute atomic E-state index is 0.107. The first-order valence-electron chi connectivity index (χ1n) is 7.72. The maximum atomic E-state index is 12.0. The van der Waals surface area contributed by atoms with E-state index < -0.39 is 0 Å². The van der Waals surface area contributed by atoms with E-state index in [0.717, 1.165) is 32.1 Å².